The highest BCUT2D eigenvalue weighted by Gasteiger charge is 2.34. The first-order valence-corrected chi connectivity index (χ1v) is 7.61. The Bertz CT molecular complexity index is 353. The van der Waals surface area contributed by atoms with Crippen molar-refractivity contribution >= 4 is 8.40 Å². The Kier molecular flexibility index (Phi) is 2.72. The lowest BCUT2D eigenvalue weighted by molar-refractivity contribution is 0.925. The third-order valence-corrected chi connectivity index (χ3v) is 7.82. The van der Waals surface area contributed by atoms with Gasteiger partial charge in [-0.15, -0.1) is 0 Å². The normalized spacial score (nSPS) is 11.9. The van der Waals surface area contributed by atoms with Crippen molar-refractivity contribution in [1.29, 1.82) is 0 Å². The van der Waals surface area contributed by atoms with Gasteiger partial charge < -0.3 is 8.47 Å². The molecule has 0 spiro atoms. The summed E-state index contributed by atoms with van der Waals surface area (Å²) in [7, 11) is -1.68. The standard InChI is InChI=1S/C10H16N4Si/c1-3-15(4-2,13-7-5-11-9-13)14-8-6-12-10-14/h5-10H,3-4H2,1-2H3. The van der Waals surface area contributed by atoms with Crippen LogP contribution >= 0.6 is 0 Å². The number of nitrogens with zero attached hydrogens (tertiary/aromatic N) is 4. The SMILES string of the molecule is CC[Si](CC)(n1ccnc1)n1ccnc1. The minimum Gasteiger partial charge on any atom is -0.346 e. The summed E-state index contributed by atoms with van der Waals surface area (Å²) in [5.74, 6) is 0. The lowest BCUT2D eigenvalue weighted by atomic mass is 10.9. The van der Waals surface area contributed by atoms with Gasteiger partial charge in [-0.2, -0.15) is 0 Å². The van der Waals surface area contributed by atoms with Crippen LogP contribution in [0.3, 0.4) is 0 Å². The van der Waals surface area contributed by atoms with E-state index < -0.39 is 8.40 Å². The number of aromatic nitrogens is 4. The lowest BCUT2D eigenvalue weighted by Crippen LogP contribution is -2.48. The van der Waals surface area contributed by atoms with Gasteiger partial charge in [0, 0.05) is 24.8 Å². The number of rotatable bonds is 4. The molecule has 0 unspecified atom stereocenters. The van der Waals surface area contributed by atoms with Gasteiger partial charge in [0.1, 0.15) is 0 Å². The first kappa shape index (κ1) is 10.2. The predicted octanol–water partition coefficient (Wildman–Crippen LogP) is 1.96. The van der Waals surface area contributed by atoms with Crippen LogP contribution in [0.5, 0.6) is 0 Å². The summed E-state index contributed by atoms with van der Waals surface area (Å²) in [5, 5.41) is 0. The van der Waals surface area contributed by atoms with E-state index in [-0.39, 0.29) is 0 Å². The molecule has 0 radical (unpaired) electrons. The minimum absolute atomic E-state index is 1.15. The van der Waals surface area contributed by atoms with Crippen LogP contribution in [0.1, 0.15) is 13.8 Å². The molecule has 0 aliphatic rings. The van der Waals surface area contributed by atoms with Crippen molar-refractivity contribution in [2.24, 2.45) is 0 Å². The first-order chi connectivity index (χ1) is 7.33. The van der Waals surface area contributed by atoms with E-state index in [9.17, 15) is 0 Å². The first-order valence-electron chi connectivity index (χ1n) is 5.30. The van der Waals surface area contributed by atoms with Gasteiger partial charge in [-0.25, -0.2) is 9.97 Å². The Morgan fingerprint density at radius 3 is 1.67 bits per heavy atom. The molecule has 0 N–H and O–H groups in total. The van der Waals surface area contributed by atoms with Crippen molar-refractivity contribution in [2.45, 2.75) is 25.9 Å². The molecule has 0 atom stereocenters. The highest BCUT2D eigenvalue weighted by molar-refractivity contribution is 6.76. The van der Waals surface area contributed by atoms with Crippen LogP contribution in [0.2, 0.25) is 12.1 Å². The fraction of sp³-hybridized carbons (Fsp3) is 0.400. The zero-order valence-electron chi connectivity index (χ0n) is 9.17. The van der Waals surface area contributed by atoms with Crippen LogP contribution in [0.25, 0.3) is 0 Å². The van der Waals surface area contributed by atoms with E-state index in [1.54, 1.807) is 0 Å². The predicted molar refractivity (Wildman–Crippen MR) is 62.0 cm³/mol. The molecule has 5 heteroatoms. The summed E-state index contributed by atoms with van der Waals surface area (Å²) in [6.07, 6.45) is 11.7. The number of imidazole rings is 2. The van der Waals surface area contributed by atoms with Crippen LogP contribution in [-0.2, 0) is 0 Å². The third kappa shape index (κ3) is 1.52. The van der Waals surface area contributed by atoms with Gasteiger partial charge in [0.15, 0.2) is 0 Å². The van der Waals surface area contributed by atoms with Crippen LogP contribution in [-0.4, -0.2) is 26.8 Å². The second kappa shape index (κ2) is 4.02. The lowest BCUT2D eigenvalue weighted by Gasteiger charge is -2.31. The average molecular weight is 220 g/mol. The van der Waals surface area contributed by atoms with E-state index in [1.165, 1.54) is 0 Å². The largest absolute Gasteiger partial charge is 0.346 e. The van der Waals surface area contributed by atoms with Crippen molar-refractivity contribution < 1.29 is 0 Å². The summed E-state index contributed by atoms with van der Waals surface area (Å²) in [6, 6.07) is 2.30. The van der Waals surface area contributed by atoms with Crippen molar-refractivity contribution in [3.05, 3.63) is 37.4 Å². The Hall–Kier alpha value is -1.36. The molecule has 2 aromatic rings. The van der Waals surface area contributed by atoms with Crippen molar-refractivity contribution in [2.75, 3.05) is 0 Å². The molecule has 0 aliphatic heterocycles. The molecule has 4 nitrogen and oxygen atoms in total. The molecule has 0 aromatic carbocycles. The van der Waals surface area contributed by atoms with Gasteiger partial charge in [-0.1, -0.05) is 13.8 Å². The highest BCUT2D eigenvalue weighted by Crippen LogP contribution is 2.19. The van der Waals surface area contributed by atoms with Crippen molar-refractivity contribution in [3.63, 3.8) is 0 Å². The Morgan fingerprint density at radius 1 is 0.933 bits per heavy atom. The molecule has 0 aliphatic carbocycles. The summed E-state index contributed by atoms with van der Waals surface area (Å²) >= 11 is 0. The van der Waals surface area contributed by atoms with E-state index in [2.05, 4.69) is 44.7 Å². The van der Waals surface area contributed by atoms with Crippen LogP contribution < -0.4 is 0 Å². The molecule has 80 valence electrons. The fourth-order valence-corrected chi connectivity index (χ4v) is 5.60. The number of hydrogen-bond acceptors (Lipinski definition) is 2. The van der Waals surface area contributed by atoms with Gasteiger partial charge in [-0.05, 0) is 12.1 Å². The molecular formula is C10H16N4Si. The monoisotopic (exact) mass is 220 g/mol. The van der Waals surface area contributed by atoms with E-state index in [0.29, 0.717) is 0 Å². The molecule has 0 amide bonds. The summed E-state index contributed by atoms with van der Waals surface area (Å²) in [6.45, 7) is 4.49. The zero-order chi connectivity index (χ0) is 10.7. The van der Waals surface area contributed by atoms with Crippen LogP contribution in [0.15, 0.2) is 37.4 Å². The molecule has 2 heterocycles. The maximum Gasteiger partial charge on any atom is 0.273 e. The van der Waals surface area contributed by atoms with Crippen LogP contribution in [0, 0.1) is 0 Å². The second-order valence-electron chi connectivity index (χ2n) is 3.63. The summed E-state index contributed by atoms with van der Waals surface area (Å²) < 4.78 is 4.57. The van der Waals surface area contributed by atoms with E-state index in [4.69, 9.17) is 0 Å². The number of hydrogen-bond donors (Lipinski definition) is 0. The highest BCUT2D eigenvalue weighted by atomic mass is 28.3. The van der Waals surface area contributed by atoms with E-state index >= 15 is 0 Å². The molecule has 0 fully saturated rings. The Balaban J connectivity index is 2.50. The van der Waals surface area contributed by atoms with Gasteiger partial charge in [0.05, 0.1) is 12.7 Å². The quantitative estimate of drug-likeness (QED) is 0.738. The van der Waals surface area contributed by atoms with Crippen molar-refractivity contribution in [3.8, 4) is 0 Å². The van der Waals surface area contributed by atoms with Gasteiger partial charge in [-0.3, -0.25) is 0 Å². The van der Waals surface area contributed by atoms with Gasteiger partial charge >= 0.3 is 0 Å². The Morgan fingerprint density at radius 2 is 1.40 bits per heavy atom. The molecule has 15 heavy (non-hydrogen) atoms. The fourth-order valence-electron chi connectivity index (χ4n) is 2.12. The Labute approximate surface area is 90.8 Å². The zero-order valence-corrected chi connectivity index (χ0v) is 10.2. The molecular weight excluding hydrogens is 204 g/mol. The van der Waals surface area contributed by atoms with Gasteiger partial charge in [0.2, 0.25) is 0 Å². The van der Waals surface area contributed by atoms with Crippen molar-refractivity contribution in [1.82, 2.24) is 18.4 Å². The van der Waals surface area contributed by atoms with E-state index in [1.807, 2.05) is 25.0 Å². The smallest absolute Gasteiger partial charge is 0.273 e. The second-order valence-corrected chi connectivity index (χ2v) is 8.04. The molecule has 0 bridgehead atoms. The summed E-state index contributed by atoms with van der Waals surface area (Å²) in [4.78, 5) is 8.32. The van der Waals surface area contributed by atoms with Crippen LogP contribution in [0.4, 0.5) is 0 Å². The molecule has 0 saturated carbocycles. The topological polar surface area (TPSA) is 35.6 Å². The van der Waals surface area contributed by atoms with Gasteiger partial charge in [0.25, 0.3) is 8.40 Å². The third-order valence-electron chi connectivity index (χ3n) is 3.10. The molecule has 2 aromatic heterocycles. The maximum atomic E-state index is 4.16. The maximum absolute atomic E-state index is 4.16. The molecule has 2 rings (SSSR count). The van der Waals surface area contributed by atoms with E-state index in [0.717, 1.165) is 12.1 Å². The average Bonchev–Trinajstić information content (AvgIpc) is 2.92. The summed E-state index contributed by atoms with van der Waals surface area (Å²) in [5.41, 5.74) is 0. The molecule has 0 saturated heterocycles. The minimum atomic E-state index is -1.68.